The average Bonchev–Trinajstić information content (AvgIpc) is 2.77. The number of nitrogens with zero attached hydrogens (tertiary/aromatic N) is 2. The number of hydrazine groups is 1. The number of hydrogen-bond acceptors (Lipinski definition) is 5. The first-order valence-corrected chi connectivity index (χ1v) is 8.40. The molecule has 0 amide bonds. The van der Waals surface area contributed by atoms with Crippen LogP contribution in [0.4, 0.5) is 0 Å². The van der Waals surface area contributed by atoms with Crippen LogP contribution in [-0.4, -0.2) is 35.0 Å². The van der Waals surface area contributed by atoms with Crippen molar-refractivity contribution in [3.63, 3.8) is 0 Å². The summed E-state index contributed by atoms with van der Waals surface area (Å²) in [4.78, 5) is 4.25. The summed E-state index contributed by atoms with van der Waals surface area (Å²) in [6, 6.07) is -0.193. The molecule has 1 aromatic rings. The Labute approximate surface area is 114 Å². The van der Waals surface area contributed by atoms with E-state index >= 15 is 0 Å². The van der Waals surface area contributed by atoms with Crippen LogP contribution in [0.1, 0.15) is 31.5 Å². The summed E-state index contributed by atoms with van der Waals surface area (Å²) in [7, 11) is -1.07. The lowest BCUT2D eigenvalue weighted by molar-refractivity contribution is 0.419. The number of nitrogens with one attached hydrogen (secondary N) is 1. The van der Waals surface area contributed by atoms with Crippen molar-refractivity contribution in [1.82, 2.24) is 15.0 Å². The molecule has 0 aromatic carbocycles. The molecule has 1 aliphatic rings. The van der Waals surface area contributed by atoms with Gasteiger partial charge in [-0.15, -0.1) is 0 Å². The maximum absolute atomic E-state index is 12.1. The molecule has 0 aliphatic carbocycles. The van der Waals surface area contributed by atoms with Crippen molar-refractivity contribution >= 4 is 9.84 Å². The highest BCUT2D eigenvalue weighted by atomic mass is 32.2. The second-order valence-electron chi connectivity index (χ2n) is 5.17. The third-order valence-electron chi connectivity index (χ3n) is 3.89. The van der Waals surface area contributed by atoms with Gasteiger partial charge >= 0.3 is 0 Å². The van der Waals surface area contributed by atoms with Crippen LogP contribution in [0.15, 0.2) is 12.4 Å². The number of hydrogen-bond donors (Lipinski definition) is 2. The monoisotopic (exact) mass is 286 g/mol. The van der Waals surface area contributed by atoms with Gasteiger partial charge in [-0.05, 0) is 19.3 Å². The van der Waals surface area contributed by atoms with Crippen molar-refractivity contribution < 1.29 is 8.42 Å². The molecule has 0 radical (unpaired) electrons. The van der Waals surface area contributed by atoms with Gasteiger partial charge < -0.3 is 4.57 Å². The minimum Gasteiger partial charge on any atom is -0.338 e. The SMILES string of the molecule is Cn1ccnc1CCC(NN)C1CCCCS1(=O)=O. The highest BCUT2D eigenvalue weighted by molar-refractivity contribution is 7.92. The van der Waals surface area contributed by atoms with Gasteiger partial charge in [-0.25, -0.2) is 13.4 Å². The second kappa shape index (κ2) is 6.02. The molecule has 1 fully saturated rings. The zero-order valence-electron chi connectivity index (χ0n) is 11.2. The molecule has 1 aliphatic heterocycles. The van der Waals surface area contributed by atoms with Crippen molar-refractivity contribution in [3.8, 4) is 0 Å². The normalized spacial score (nSPS) is 24.2. The fourth-order valence-electron chi connectivity index (χ4n) is 2.73. The topological polar surface area (TPSA) is 90.0 Å². The lowest BCUT2D eigenvalue weighted by atomic mass is 10.0. The lowest BCUT2D eigenvalue weighted by Gasteiger charge is -2.29. The number of aryl methyl sites for hydroxylation is 2. The van der Waals surface area contributed by atoms with Crippen LogP contribution in [0, 0.1) is 0 Å². The Morgan fingerprint density at radius 2 is 2.37 bits per heavy atom. The molecule has 0 saturated carbocycles. The van der Waals surface area contributed by atoms with Gasteiger partial charge in [0.25, 0.3) is 0 Å². The molecule has 3 N–H and O–H groups in total. The molecule has 2 heterocycles. The summed E-state index contributed by atoms with van der Waals surface area (Å²) >= 11 is 0. The molecular weight excluding hydrogens is 264 g/mol. The fourth-order valence-corrected chi connectivity index (χ4v) is 4.88. The molecule has 2 unspecified atom stereocenters. The largest absolute Gasteiger partial charge is 0.338 e. The number of aromatic nitrogens is 2. The van der Waals surface area contributed by atoms with E-state index < -0.39 is 9.84 Å². The summed E-state index contributed by atoms with van der Waals surface area (Å²) in [5.41, 5.74) is 2.69. The van der Waals surface area contributed by atoms with Gasteiger partial charge in [0.15, 0.2) is 9.84 Å². The number of rotatable bonds is 5. The van der Waals surface area contributed by atoms with Crippen molar-refractivity contribution in [2.24, 2.45) is 12.9 Å². The Kier molecular flexibility index (Phi) is 4.59. The maximum atomic E-state index is 12.1. The first-order chi connectivity index (χ1) is 9.04. The zero-order valence-corrected chi connectivity index (χ0v) is 12.1. The van der Waals surface area contributed by atoms with E-state index in [1.807, 2.05) is 17.8 Å². The summed E-state index contributed by atoms with van der Waals surface area (Å²) in [5.74, 6) is 6.80. The lowest BCUT2D eigenvalue weighted by Crippen LogP contribution is -2.49. The van der Waals surface area contributed by atoms with Crippen molar-refractivity contribution in [3.05, 3.63) is 18.2 Å². The molecule has 2 atom stereocenters. The average molecular weight is 286 g/mol. The first-order valence-electron chi connectivity index (χ1n) is 6.68. The van der Waals surface area contributed by atoms with Gasteiger partial charge in [0.2, 0.25) is 0 Å². The zero-order chi connectivity index (χ0) is 13.9. The van der Waals surface area contributed by atoms with Crippen LogP contribution in [0.5, 0.6) is 0 Å². The summed E-state index contributed by atoms with van der Waals surface area (Å²) in [5, 5.41) is -0.355. The minimum absolute atomic E-state index is 0.193. The van der Waals surface area contributed by atoms with Gasteiger partial charge in [-0.2, -0.15) is 0 Å². The summed E-state index contributed by atoms with van der Waals surface area (Å²) < 4.78 is 26.1. The van der Waals surface area contributed by atoms with E-state index in [2.05, 4.69) is 10.4 Å². The minimum atomic E-state index is -3.01. The third kappa shape index (κ3) is 3.34. The van der Waals surface area contributed by atoms with Gasteiger partial charge in [0, 0.05) is 31.9 Å². The highest BCUT2D eigenvalue weighted by Gasteiger charge is 2.34. The predicted octanol–water partition coefficient (Wildman–Crippen LogP) is 0.152. The molecule has 108 valence electrons. The van der Waals surface area contributed by atoms with Crippen LogP contribution >= 0.6 is 0 Å². The van der Waals surface area contributed by atoms with Gasteiger partial charge in [0.05, 0.1) is 11.0 Å². The predicted molar refractivity (Wildman–Crippen MR) is 74.1 cm³/mol. The van der Waals surface area contributed by atoms with Crippen LogP contribution in [0.2, 0.25) is 0 Å². The van der Waals surface area contributed by atoms with E-state index in [9.17, 15) is 8.42 Å². The van der Waals surface area contributed by atoms with Gasteiger partial charge in [-0.3, -0.25) is 11.3 Å². The summed E-state index contributed by atoms with van der Waals surface area (Å²) in [6.07, 6.45) is 7.49. The van der Waals surface area contributed by atoms with Crippen LogP contribution < -0.4 is 11.3 Å². The molecule has 2 rings (SSSR count). The number of sulfone groups is 1. The summed E-state index contributed by atoms with van der Waals surface area (Å²) in [6.45, 7) is 0. The first kappa shape index (κ1) is 14.5. The second-order valence-corrected chi connectivity index (χ2v) is 7.51. The van der Waals surface area contributed by atoms with E-state index in [-0.39, 0.29) is 17.0 Å². The quantitative estimate of drug-likeness (QED) is 0.594. The number of imidazole rings is 1. The Bertz CT molecular complexity index is 512. The molecule has 0 bridgehead atoms. The Morgan fingerprint density at radius 3 is 2.95 bits per heavy atom. The van der Waals surface area contributed by atoms with Crippen molar-refractivity contribution in [2.75, 3.05) is 5.75 Å². The molecule has 7 heteroatoms. The molecule has 19 heavy (non-hydrogen) atoms. The van der Waals surface area contributed by atoms with E-state index in [0.717, 1.165) is 25.1 Å². The fraction of sp³-hybridized carbons (Fsp3) is 0.750. The van der Waals surface area contributed by atoms with Crippen LogP contribution in [0.25, 0.3) is 0 Å². The van der Waals surface area contributed by atoms with Gasteiger partial charge in [0.1, 0.15) is 5.82 Å². The standard InChI is InChI=1S/C12H22N4O2S/c1-16-8-7-14-12(16)6-5-10(15-13)11-4-2-3-9-19(11,17)18/h7-8,10-11,15H,2-6,9,13H2,1H3. The molecule has 1 aromatic heterocycles. The van der Waals surface area contributed by atoms with Crippen molar-refractivity contribution in [2.45, 2.75) is 43.4 Å². The highest BCUT2D eigenvalue weighted by Crippen LogP contribution is 2.24. The van der Waals surface area contributed by atoms with Crippen LogP contribution in [0.3, 0.4) is 0 Å². The van der Waals surface area contributed by atoms with E-state index in [1.54, 1.807) is 6.20 Å². The molecule has 1 saturated heterocycles. The Balaban J connectivity index is 2.02. The van der Waals surface area contributed by atoms with Crippen molar-refractivity contribution in [1.29, 1.82) is 0 Å². The number of nitrogens with two attached hydrogens (primary N) is 1. The smallest absolute Gasteiger partial charge is 0.154 e. The molecule has 6 nitrogen and oxygen atoms in total. The van der Waals surface area contributed by atoms with Crippen LogP contribution in [-0.2, 0) is 23.3 Å². The Hall–Kier alpha value is -0.920. The molecular formula is C12H22N4O2S. The van der Waals surface area contributed by atoms with E-state index in [0.29, 0.717) is 12.8 Å². The third-order valence-corrected chi connectivity index (χ3v) is 6.24. The Morgan fingerprint density at radius 1 is 1.58 bits per heavy atom. The molecule has 0 spiro atoms. The van der Waals surface area contributed by atoms with Gasteiger partial charge in [-0.1, -0.05) is 6.42 Å². The van der Waals surface area contributed by atoms with E-state index in [1.165, 1.54) is 0 Å². The maximum Gasteiger partial charge on any atom is 0.154 e. The van der Waals surface area contributed by atoms with E-state index in [4.69, 9.17) is 5.84 Å².